The molecular formula is C12H13N5O3. The van der Waals surface area contributed by atoms with Gasteiger partial charge in [0.25, 0.3) is 5.91 Å². The third-order valence-corrected chi connectivity index (χ3v) is 2.48. The molecule has 104 valence electrons. The standard InChI is InChI=1S/C12H13N5O3/c1-13-10(19)7-17-6-8(5-15-17)16-12(20)11-9(18)3-2-4-14-11/h2-6,18H,7H2,1H3,(H,13,19)(H,16,20). The van der Waals surface area contributed by atoms with E-state index >= 15 is 0 Å². The number of nitrogens with one attached hydrogen (secondary N) is 2. The lowest BCUT2D eigenvalue weighted by Crippen LogP contribution is -2.23. The Labute approximate surface area is 114 Å². The molecule has 0 fully saturated rings. The van der Waals surface area contributed by atoms with E-state index < -0.39 is 5.91 Å². The van der Waals surface area contributed by atoms with Crippen LogP contribution in [-0.4, -0.2) is 38.7 Å². The third-order valence-electron chi connectivity index (χ3n) is 2.48. The van der Waals surface area contributed by atoms with Gasteiger partial charge >= 0.3 is 0 Å². The minimum Gasteiger partial charge on any atom is -0.505 e. The van der Waals surface area contributed by atoms with E-state index in [1.165, 1.54) is 42.5 Å². The maximum Gasteiger partial charge on any atom is 0.278 e. The molecule has 8 heteroatoms. The van der Waals surface area contributed by atoms with Crippen LogP contribution in [0.2, 0.25) is 0 Å². The average Bonchev–Trinajstić information content (AvgIpc) is 2.86. The maximum atomic E-state index is 11.9. The number of likely N-dealkylation sites (N-methyl/N-ethyl adjacent to an activating group) is 1. The predicted octanol–water partition coefficient (Wildman–Crippen LogP) is -0.0180. The van der Waals surface area contributed by atoms with Crippen molar-refractivity contribution in [2.45, 2.75) is 6.54 Å². The van der Waals surface area contributed by atoms with Crippen LogP contribution in [0.3, 0.4) is 0 Å². The molecular weight excluding hydrogens is 262 g/mol. The molecule has 2 rings (SSSR count). The Morgan fingerprint density at radius 2 is 2.25 bits per heavy atom. The summed E-state index contributed by atoms with van der Waals surface area (Å²) in [6.07, 6.45) is 4.32. The van der Waals surface area contributed by atoms with Gasteiger partial charge in [0.15, 0.2) is 5.69 Å². The zero-order valence-electron chi connectivity index (χ0n) is 10.7. The summed E-state index contributed by atoms with van der Waals surface area (Å²) in [5, 5.41) is 18.5. The number of pyridine rings is 1. The van der Waals surface area contributed by atoms with E-state index in [1.807, 2.05) is 0 Å². The summed E-state index contributed by atoms with van der Waals surface area (Å²) < 4.78 is 1.38. The SMILES string of the molecule is CNC(=O)Cn1cc(NC(=O)c2ncccc2O)cn1. The van der Waals surface area contributed by atoms with Crippen LogP contribution in [-0.2, 0) is 11.3 Å². The molecule has 0 aliphatic heterocycles. The van der Waals surface area contributed by atoms with E-state index in [-0.39, 0.29) is 23.9 Å². The van der Waals surface area contributed by atoms with Crippen LogP contribution in [0, 0.1) is 0 Å². The Morgan fingerprint density at radius 3 is 2.95 bits per heavy atom. The van der Waals surface area contributed by atoms with Crippen molar-refractivity contribution in [3.05, 3.63) is 36.4 Å². The van der Waals surface area contributed by atoms with Crippen molar-refractivity contribution >= 4 is 17.5 Å². The number of hydrogen-bond donors (Lipinski definition) is 3. The summed E-state index contributed by atoms with van der Waals surface area (Å²) >= 11 is 0. The summed E-state index contributed by atoms with van der Waals surface area (Å²) in [4.78, 5) is 26.8. The van der Waals surface area contributed by atoms with Crippen molar-refractivity contribution in [2.75, 3.05) is 12.4 Å². The van der Waals surface area contributed by atoms with Gasteiger partial charge in [0, 0.05) is 19.4 Å². The van der Waals surface area contributed by atoms with Crippen LogP contribution in [0.1, 0.15) is 10.5 Å². The molecule has 0 radical (unpaired) electrons. The van der Waals surface area contributed by atoms with Gasteiger partial charge < -0.3 is 15.7 Å². The van der Waals surface area contributed by atoms with Gasteiger partial charge in [-0.05, 0) is 12.1 Å². The van der Waals surface area contributed by atoms with Crippen molar-refractivity contribution < 1.29 is 14.7 Å². The van der Waals surface area contributed by atoms with Gasteiger partial charge in [-0.1, -0.05) is 0 Å². The van der Waals surface area contributed by atoms with Crippen molar-refractivity contribution in [2.24, 2.45) is 0 Å². The lowest BCUT2D eigenvalue weighted by Gasteiger charge is -2.03. The Balaban J connectivity index is 2.05. The number of rotatable bonds is 4. The second-order valence-electron chi connectivity index (χ2n) is 3.93. The smallest absolute Gasteiger partial charge is 0.278 e. The fourth-order valence-electron chi connectivity index (χ4n) is 1.50. The predicted molar refractivity (Wildman–Crippen MR) is 70.1 cm³/mol. The zero-order chi connectivity index (χ0) is 14.5. The Bertz CT molecular complexity index is 638. The number of anilines is 1. The van der Waals surface area contributed by atoms with Crippen molar-refractivity contribution in [3.63, 3.8) is 0 Å². The van der Waals surface area contributed by atoms with Gasteiger partial charge in [-0.2, -0.15) is 5.10 Å². The molecule has 2 aromatic rings. The molecule has 20 heavy (non-hydrogen) atoms. The van der Waals surface area contributed by atoms with Crippen LogP contribution in [0.25, 0.3) is 0 Å². The number of aromatic hydroxyl groups is 1. The Morgan fingerprint density at radius 1 is 1.45 bits per heavy atom. The molecule has 0 aliphatic carbocycles. The van der Waals surface area contributed by atoms with Gasteiger partial charge in [0.1, 0.15) is 12.3 Å². The quantitative estimate of drug-likeness (QED) is 0.726. The van der Waals surface area contributed by atoms with E-state index in [0.29, 0.717) is 5.69 Å². The molecule has 0 saturated carbocycles. The van der Waals surface area contributed by atoms with E-state index in [0.717, 1.165) is 0 Å². The van der Waals surface area contributed by atoms with Crippen molar-refractivity contribution in [1.29, 1.82) is 0 Å². The number of nitrogens with zero attached hydrogens (tertiary/aromatic N) is 3. The minimum absolute atomic E-state index is 0.0568. The number of carbonyl (C=O) groups excluding carboxylic acids is 2. The van der Waals surface area contributed by atoms with E-state index in [2.05, 4.69) is 20.7 Å². The van der Waals surface area contributed by atoms with Crippen LogP contribution in [0.15, 0.2) is 30.7 Å². The number of amides is 2. The van der Waals surface area contributed by atoms with E-state index in [1.54, 1.807) is 0 Å². The number of aromatic nitrogens is 3. The van der Waals surface area contributed by atoms with Gasteiger partial charge in [-0.15, -0.1) is 0 Å². The fourth-order valence-corrected chi connectivity index (χ4v) is 1.50. The van der Waals surface area contributed by atoms with Crippen LogP contribution in [0.4, 0.5) is 5.69 Å². The maximum absolute atomic E-state index is 11.9. The first-order valence-corrected chi connectivity index (χ1v) is 5.78. The highest BCUT2D eigenvalue weighted by Gasteiger charge is 2.13. The first kappa shape index (κ1) is 13.5. The highest BCUT2D eigenvalue weighted by molar-refractivity contribution is 6.04. The lowest BCUT2D eigenvalue weighted by molar-refractivity contribution is -0.121. The first-order valence-electron chi connectivity index (χ1n) is 5.78. The minimum atomic E-state index is -0.553. The molecule has 0 atom stereocenters. The molecule has 0 bridgehead atoms. The fraction of sp³-hybridized carbons (Fsp3) is 0.167. The molecule has 8 nitrogen and oxygen atoms in total. The topological polar surface area (TPSA) is 109 Å². The lowest BCUT2D eigenvalue weighted by atomic mass is 10.3. The normalized spacial score (nSPS) is 10.1. The number of carbonyl (C=O) groups is 2. The summed E-state index contributed by atoms with van der Waals surface area (Å²) in [6, 6.07) is 2.89. The van der Waals surface area contributed by atoms with Gasteiger partial charge in [-0.25, -0.2) is 4.98 Å². The molecule has 0 aliphatic rings. The molecule has 2 amide bonds. The van der Waals surface area contributed by atoms with Crippen molar-refractivity contribution in [1.82, 2.24) is 20.1 Å². The molecule has 0 unspecified atom stereocenters. The zero-order valence-corrected chi connectivity index (χ0v) is 10.7. The van der Waals surface area contributed by atoms with E-state index in [4.69, 9.17) is 0 Å². The van der Waals surface area contributed by atoms with Crippen LogP contribution in [0.5, 0.6) is 5.75 Å². The Hall–Kier alpha value is -2.90. The molecule has 0 saturated heterocycles. The molecule has 2 heterocycles. The monoisotopic (exact) mass is 275 g/mol. The second-order valence-corrected chi connectivity index (χ2v) is 3.93. The molecule has 3 N–H and O–H groups in total. The molecule has 2 aromatic heterocycles. The summed E-state index contributed by atoms with van der Waals surface area (Å²) in [5.41, 5.74) is 0.329. The molecule has 0 aromatic carbocycles. The van der Waals surface area contributed by atoms with Gasteiger partial charge in [0.05, 0.1) is 11.9 Å². The number of hydrogen-bond acceptors (Lipinski definition) is 5. The Kier molecular flexibility index (Phi) is 3.94. The van der Waals surface area contributed by atoms with Crippen molar-refractivity contribution in [3.8, 4) is 5.75 Å². The third kappa shape index (κ3) is 3.10. The van der Waals surface area contributed by atoms with Crippen LogP contribution >= 0.6 is 0 Å². The molecule has 0 spiro atoms. The highest BCUT2D eigenvalue weighted by Crippen LogP contribution is 2.14. The van der Waals surface area contributed by atoms with Crippen LogP contribution < -0.4 is 10.6 Å². The average molecular weight is 275 g/mol. The van der Waals surface area contributed by atoms with E-state index in [9.17, 15) is 14.7 Å². The summed E-state index contributed by atoms with van der Waals surface area (Å²) in [5.74, 6) is -0.960. The summed E-state index contributed by atoms with van der Waals surface area (Å²) in [7, 11) is 1.53. The van der Waals surface area contributed by atoms with Gasteiger partial charge in [0.2, 0.25) is 5.91 Å². The van der Waals surface area contributed by atoms with Gasteiger partial charge in [-0.3, -0.25) is 14.3 Å². The highest BCUT2D eigenvalue weighted by atomic mass is 16.3. The summed E-state index contributed by atoms with van der Waals surface area (Å²) in [6.45, 7) is 0.0568. The first-order chi connectivity index (χ1) is 9.60. The second kappa shape index (κ2) is 5.83. The largest absolute Gasteiger partial charge is 0.505 e.